The molecular weight excluding hydrogens is 422 g/mol. The van der Waals surface area contributed by atoms with Crippen molar-refractivity contribution in [1.29, 1.82) is 0 Å². The predicted octanol–water partition coefficient (Wildman–Crippen LogP) is 3.25. The lowest BCUT2D eigenvalue weighted by molar-refractivity contribution is 0.0260. The Balaban J connectivity index is 1.42. The Kier molecular flexibility index (Phi) is 5.92. The average molecular weight is 454 g/mol. The second kappa shape index (κ2) is 9.01. The van der Waals surface area contributed by atoms with Crippen LogP contribution in [-0.2, 0) is 9.47 Å². The molecule has 5 rings (SSSR count). The van der Waals surface area contributed by atoms with Crippen molar-refractivity contribution in [2.24, 2.45) is 0 Å². The molecule has 1 amide bonds. The normalized spacial score (nSPS) is 24.4. The lowest BCUT2D eigenvalue weighted by Crippen LogP contribution is -2.58. The number of aromatic nitrogens is 4. The zero-order valence-corrected chi connectivity index (χ0v) is 19.4. The van der Waals surface area contributed by atoms with Crippen molar-refractivity contribution in [2.75, 3.05) is 37.6 Å². The minimum Gasteiger partial charge on any atom is -0.453 e. The van der Waals surface area contributed by atoms with E-state index in [4.69, 9.17) is 19.4 Å². The summed E-state index contributed by atoms with van der Waals surface area (Å²) in [5, 5.41) is 10.5. The quantitative estimate of drug-likeness (QED) is 0.710. The van der Waals surface area contributed by atoms with Crippen molar-refractivity contribution >= 4 is 29.3 Å². The number of fused-ring (bicyclic) bond motifs is 2. The summed E-state index contributed by atoms with van der Waals surface area (Å²) in [4.78, 5) is 26.2. The lowest BCUT2D eigenvalue weighted by Gasteiger charge is -2.49. The van der Waals surface area contributed by atoms with Gasteiger partial charge in [0, 0.05) is 48.6 Å². The van der Waals surface area contributed by atoms with Gasteiger partial charge in [-0.05, 0) is 39.0 Å². The molecule has 3 aliphatic rings. The smallest absolute Gasteiger partial charge is 0.409 e. The van der Waals surface area contributed by atoms with Gasteiger partial charge in [-0.1, -0.05) is 6.08 Å². The minimum absolute atomic E-state index is 0.191. The lowest BCUT2D eigenvalue weighted by atomic mass is 9.81. The first-order chi connectivity index (χ1) is 16.0. The van der Waals surface area contributed by atoms with Crippen LogP contribution in [0.15, 0.2) is 18.2 Å². The molecule has 2 bridgehead atoms. The van der Waals surface area contributed by atoms with Crippen molar-refractivity contribution in [1.82, 2.24) is 25.1 Å². The van der Waals surface area contributed by atoms with Crippen LogP contribution in [0.1, 0.15) is 43.5 Å². The summed E-state index contributed by atoms with van der Waals surface area (Å²) in [5.74, 6) is 2.06. The molecule has 0 radical (unpaired) electrons. The number of nitrogens with one attached hydrogen (secondary N) is 2. The van der Waals surface area contributed by atoms with Crippen molar-refractivity contribution < 1.29 is 14.3 Å². The van der Waals surface area contributed by atoms with Gasteiger partial charge in [0.15, 0.2) is 5.82 Å². The maximum Gasteiger partial charge on any atom is 0.409 e. The number of hydrogen-bond donors (Lipinski definition) is 2. The summed E-state index contributed by atoms with van der Waals surface area (Å²) in [6.07, 6.45) is 6.77. The average Bonchev–Trinajstić information content (AvgIpc) is 3.49. The number of H-pyrrole nitrogens is 1. The van der Waals surface area contributed by atoms with Crippen LogP contribution in [0.5, 0.6) is 0 Å². The predicted molar refractivity (Wildman–Crippen MR) is 125 cm³/mol. The molecule has 2 aromatic rings. The van der Waals surface area contributed by atoms with E-state index < -0.39 is 0 Å². The fourth-order valence-electron chi connectivity index (χ4n) is 5.24. The Morgan fingerprint density at radius 1 is 1.24 bits per heavy atom. The van der Waals surface area contributed by atoms with E-state index >= 15 is 0 Å². The standard InChI is InChI=1S/C23H31N7O3/c1-14-9-21(28-27-14)25-20-12-19(15-7-8-33-13-15)24-22(26-20)29(2)18-10-16-5-4-6-17(11-18)30(16)23(31)32-3/h7,9,12,16-18H,4-6,8,10-11,13H2,1-3H3,(H2,24,25,26,27,28)/t16-,17+,18-. The van der Waals surface area contributed by atoms with E-state index in [-0.39, 0.29) is 24.2 Å². The van der Waals surface area contributed by atoms with Crippen LogP contribution in [0, 0.1) is 6.92 Å². The van der Waals surface area contributed by atoms with Gasteiger partial charge in [0.05, 0.1) is 26.0 Å². The van der Waals surface area contributed by atoms with Gasteiger partial charge in [-0.3, -0.25) is 5.10 Å². The molecule has 0 saturated carbocycles. The number of rotatable bonds is 5. The maximum absolute atomic E-state index is 12.4. The van der Waals surface area contributed by atoms with Crippen molar-refractivity contribution in [3.8, 4) is 0 Å². The highest BCUT2D eigenvalue weighted by atomic mass is 16.5. The Labute approximate surface area is 193 Å². The number of aromatic amines is 1. The van der Waals surface area contributed by atoms with Gasteiger partial charge in [0.1, 0.15) is 5.82 Å². The second-order valence-corrected chi connectivity index (χ2v) is 9.10. The number of anilines is 3. The molecule has 2 aromatic heterocycles. The summed E-state index contributed by atoms with van der Waals surface area (Å²) in [7, 11) is 3.52. The van der Waals surface area contributed by atoms with Crippen LogP contribution in [0.4, 0.5) is 22.4 Å². The number of piperidine rings is 2. The molecule has 10 heteroatoms. The summed E-state index contributed by atoms with van der Waals surface area (Å²) in [5.41, 5.74) is 2.89. The Morgan fingerprint density at radius 3 is 2.67 bits per heavy atom. The highest BCUT2D eigenvalue weighted by Crippen LogP contribution is 2.37. The molecule has 5 heterocycles. The minimum atomic E-state index is -0.210. The first-order valence-electron chi connectivity index (χ1n) is 11.6. The van der Waals surface area contributed by atoms with Crippen molar-refractivity contribution in [3.63, 3.8) is 0 Å². The van der Waals surface area contributed by atoms with Gasteiger partial charge >= 0.3 is 6.09 Å². The Hall–Kier alpha value is -3.14. The van der Waals surface area contributed by atoms with E-state index in [2.05, 4.69) is 33.5 Å². The van der Waals surface area contributed by atoms with Crippen molar-refractivity contribution in [2.45, 2.75) is 57.2 Å². The van der Waals surface area contributed by atoms with E-state index in [0.717, 1.165) is 49.1 Å². The largest absolute Gasteiger partial charge is 0.453 e. The fraction of sp³-hybridized carbons (Fsp3) is 0.565. The Morgan fingerprint density at radius 2 is 2.03 bits per heavy atom. The molecule has 2 fully saturated rings. The summed E-state index contributed by atoms with van der Waals surface area (Å²) in [6, 6.07) is 4.50. The summed E-state index contributed by atoms with van der Waals surface area (Å²) < 4.78 is 10.6. The zero-order chi connectivity index (χ0) is 22.9. The first kappa shape index (κ1) is 21.7. The van der Waals surface area contributed by atoms with E-state index in [1.165, 1.54) is 7.11 Å². The molecular formula is C23H31N7O3. The number of hydrogen-bond acceptors (Lipinski definition) is 8. The van der Waals surface area contributed by atoms with Gasteiger partial charge in [0.25, 0.3) is 0 Å². The monoisotopic (exact) mass is 453 g/mol. The number of nitrogens with zero attached hydrogens (tertiary/aromatic N) is 5. The molecule has 2 saturated heterocycles. The molecule has 3 atom stereocenters. The van der Waals surface area contributed by atoms with Gasteiger partial charge in [-0.25, -0.2) is 9.78 Å². The third-order valence-electron chi connectivity index (χ3n) is 6.91. The molecule has 33 heavy (non-hydrogen) atoms. The van der Waals surface area contributed by atoms with E-state index in [9.17, 15) is 4.79 Å². The molecule has 0 aliphatic carbocycles. The van der Waals surface area contributed by atoms with Crippen LogP contribution in [-0.4, -0.2) is 76.7 Å². The molecule has 176 valence electrons. The number of methoxy groups -OCH3 is 1. The SMILES string of the molecule is COC(=O)N1[C@@H]2CCC[C@H]1C[C@H](N(C)c1nc(Nc3cc(C)[nH]n3)cc(C3=CCOC3)n1)C2. The third-order valence-corrected chi connectivity index (χ3v) is 6.91. The topological polar surface area (TPSA) is 109 Å². The third kappa shape index (κ3) is 4.39. The number of aryl methyl sites for hydroxylation is 1. The van der Waals surface area contributed by atoms with Crippen LogP contribution in [0.25, 0.3) is 5.57 Å². The second-order valence-electron chi connectivity index (χ2n) is 9.10. The van der Waals surface area contributed by atoms with E-state index in [0.29, 0.717) is 30.8 Å². The Bertz CT molecular complexity index is 1040. The molecule has 10 nitrogen and oxygen atoms in total. The van der Waals surface area contributed by atoms with E-state index in [1.54, 1.807) is 0 Å². The van der Waals surface area contributed by atoms with Gasteiger partial charge in [-0.2, -0.15) is 10.1 Å². The molecule has 0 spiro atoms. The summed E-state index contributed by atoms with van der Waals surface area (Å²) in [6.45, 7) is 3.10. The highest BCUT2D eigenvalue weighted by molar-refractivity contribution is 5.70. The molecule has 0 aromatic carbocycles. The number of carbonyl (C=O) groups is 1. The summed E-state index contributed by atoms with van der Waals surface area (Å²) >= 11 is 0. The fourth-order valence-corrected chi connectivity index (χ4v) is 5.24. The number of carbonyl (C=O) groups excluding carboxylic acids is 1. The maximum atomic E-state index is 12.4. The number of ether oxygens (including phenoxy) is 2. The van der Waals surface area contributed by atoms with Gasteiger partial charge in [0.2, 0.25) is 5.95 Å². The van der Waals surface area contributed by atoms with Gasteiger partial charge < -0.3 is 24.6 Å². The van der Waals surface area contributed by atoms with Crippen LogP contribution < -0.4 is 10.2 Å². The van der Waals surface area contributed by atoms with Gasteiger partial charge in [-0.15, -0.1) is 0 Å². The van der Waals surface area contributed by atoms with E-state index in [1.807, 2.05) is 24.0 Å². The number of amides is 1. The van der Waals surface area contributed by atoms with Crippen LogP contribution >= 0.6 is 0 Å². The van der Waals surface area contributed by atoms with Crippen LogP contribution in [0.3, 0.4) is 0 Å². The molecule has 3 aliphatic heterocycles. The van der Waals surface area contributed by atoms with Crippen LogP contribution in [0.2, 0.25) is 0 Å². The van der Waals surface area contributed by atoms with Crippen molar-refractivity contribution in [3.05, 3.63) is 29.6 Å². The zero-order valence-electron chi connectivity index (χ0n) is 19.4. The molecule has 2 N–H and O–H groups in total. The molecule has 0 unspecified atom stereocenters. The first-order valence-corrected chi connectivity index (χ1v) is 11.6. The highest BCUT2D eigenvalue weighted by Gasteiger charge is 2.43.